The molecule has 8 heteroatoms. The second-order valence-electron chi connectivity index (χ2n) is 6.40. The topological polar surface area (TPSA) is 87.1 Å². The number of fused-ring (bicyclic) bond motifs is 1. The average molecular weight is 407 g/mol. The minimum atomic E-state index is -0.813. The first-order valence-corrected chi connectivity index (χ1v) is 10.1. The van der Waals surface area contributed by atoms with Crippen LogP contribution in [0.3, 0.4) is 0 Å². The molecular weight excluding hydrogens is 390 g/mol. The van der Waals surface area contributed by atoms with Crippen LogP contribution in [0.5, 0.6) is 0 Å². The van der Waals surface area contributed by atoms with E-state index in [0.29, 0.717) is 5.69 Å². The SMILES string of the molecule is CSc1cccc(-n2c(=O)n(C(C)c3cccoc3=O)c(=O)c3cccnc32)c1. The Morgan fingerprint density at radius 3 is 2.66 bits per heavy atom. The van der Waals surface area contributed by atoms with Crippen molar-refractivity contribution in [2.45, 2.75) is 17.9 Å². The van der Waals surface area contributed by atoms with Crippen LogP contribution in [0.15, 0.2) is 84.7 Å². The average Bonchev–Trinajstić information content (AvgIpc) is 2.74. The van der Waals surface area contributed by atoms with E-state index in [4.69, 9.17) is 4.42 Å². The summed E-state index contributed by atoms with van der Waals surface area (Å²) in [6.45, 7) is 1.62. The van der Waals surface area contributed by atoms with E-state index in [2.05, 4.69) is 4.98 Å². The molecule has 1 unspecified atom stereocenters. The Hall–Kier alpha value is -3.39. The summed E-state index contributed by atoms with van der Waals surface area (Å²) >= 11 is 1.54. The highest BCUT2D eigenvalue weighted by molar-refractivity contribution is 7.98. The maximum Gasteiger partial charge on any atom is 0.340 e. The third-order valence-electron chi connectivity index (χ3n) is 4.76. The zero-order valence-electron chi connectivity index (χ0n) is 15.7. The molecule has 0 bridgehead atoms. The van der Waals surface area contributed by atoms with E-state index in [9.17, 15) is 14.4 Å². The minimum Gasteiger partial charge on any atom is -0.431 e. The number of rotatable bonds is 4. The normalized spacial score (nSPS) is 12.2. The van der Waals surface area contributed by atoms with Crippen LogP contribution in [0.1, 0.15) is 18.5 Å². The summed E-state index contributed by atoms with van der Waals surface area (Å²) in [6, 6.07) is 13.0. The zero-order chi connectivity index (χ0) is 20.5. The summed E-state index contributed by atoms with van der Waals surface area (Å²) in [5.41, 5.74) is -0.593. The largest absolute Gasteiger partial charge is 0.431 e. The molecule has 4 aromatic rings. The predicted octanol–water partition coefficient (Wildman–Crippen LogP) is 2.83. The van der Waals surface area contributed by atoms with Crippen molar-refractivity contribution < 1.29 is 4.42 Å². The fraction of sp³-hybridized carbons (Fsp3) is 0.143. The monoisotopic (exact) mass is 407 g/mol. The van der Waals surface area contributed by atoms with Crippen LogP contribution in [0, 0.1) is 0 Å². The quantitative estimate of drug-likeness (QED) is 0.484. The van der Waals surface area contributed by atoms with Gasteiger partial charge < -0.3 is 4.42 Å². The number of aromatic nitrogens is 3. The van der Waals surface area contributed by atoms with Gasteiger partial charge in [-0.05, 0) is 55.6 Å². The molecule has 146 valence electrons. The molecule has 1 aromatic carbocycles. The lowest BCUT2D eigenvalue weighted by Gasteiger charge is -2.18. The number of nitrogens with zero attached hydrogens (tertiary/aromatic N) is 3. The van der Waals surface area contributed by atoms with Gasteiger partial charge in [0.05, 0.1) is 28.9 Å². The van der Waals surface area contributed by atoms with E-state index in [1.165, 1.54) is 17.0 Å². The summed E-state index contributed by atoms with van der Waals surface area (Å²) in [6.07, 6.45) is 4.74. The molecule has 0 N–H and O–H groups in total. The minimum absolute atomic E-state index is 0.222. The maximum absolute atomic E-state index is 13.5. The van der Waals surface area contributed by atoms with Crippen molar-refractivity contribution >= 4 is 22.8 Å². The molecule has 1 atom stereocenters. The van der Waals surface area contributed by atoms with Crippen LogP contribution in [-0.4, -0.2) is 20.4 Å². The number of hydrogen-bond donors (Lipinski definition) is 0. The predicted molar refractivity (Wildman–Crippen MR) is 112 cm³/mol. The Labute approximate surface area is 169 Å². The van der Waals surface area contributed by atoms with E-state index in [1.54, 1.807) is 49.0 Å². The Kier molecular flexibility index (Phi) is 4.94. The molecule has 3 aromatic heterocycles. The van der Waals surface area contributed by atoms with Crippen molar-refractivity contribution in [1.82, 2.24) is 14.1 Å². The van der Waals surface area contributed by atoms with E-state index >= 15 is 0 Å². The smallest absolute Gasteiger partial charge is 0.340 e. The first-order chi connectivity index (χ1) is 14.0. The third kappa shape index (κ3) is 3.21. The highest BCUT2D eigenvalue weighted by atomic mass is 32.2. The van der Waals surface area contributed by atoms with Gasteiger partial charge in [0.25, 0.3) is 5.56 Å². The molecule has 0 radical (unpaired) electrons. The second kappa shape index (κ2) is 7.56. The van der Waals surface area contributed by atoms with Gasteiger partial charge in [-0.2, -0.15) is 0 Å². The molecule has 0 aliphatic heterocycles. The van der Waals surface area contributed by atoms with Crippen molar-refractivity contribution in [2.75, 3.05) is 6.26 Å². The fourth-order valence-corrected chi connectivity index (χ4v) is 3.76. The van der Waals surface area contributed by atoms with E-state index in [1.807, 2.05) is 24.5 Å². The Morgan fingerprint density at radius 2 is 1.90 bits per heavy atom. The van der Waals surface area contributed by atoms with Crippen molar-refractivity contribution in [1.29, 1.82) is 0 Å². The second-order valence-corrected chi connectivity index (χ2v) is 7.28. The van der Waals surface area contributed by atoms with Gasteiger partial charge in [-0.1, -0.05) is 6.07 Å². The van der Waals surface area contributed by atoms with E-state index in [0.717, 1.165) is 9.46 Å². The molecule has 29 heavy (non-hydrogen) atoms. The van der Waals surface area contributed by atoms with Crippen molar-refractivity contribution in [3.8, 4) is 5.69 Å². The van der Waals surface area contributed by atoms with Crippen LogP contribution < -0.4 is 16.9 Å². The Bertz CT molecular complexity index is 1390. The summed E-state index contributed by atoms with van der Waals surface area (Å²) in [5, 5.41) is 0.286. The van der Waals surface area contributed by atoms with Gasteiger partial charge in [0.15, 0.2) is 5.65 Å². The molecule has 0 saturated carbocycles. The summed E-state index contributed by atoms with van der Waals surface area (Å²) in [5.74, 6) is 0. The Morgan fingerprint density at radius 1 is 1.07 bits per heavy atom. The number of pyridine rings is 1. The summed E-state index contributed by atoms with van der Waals surface area (Å²) < 4.78 is 7.39. The van der Waals surface area contributed by atoms with Gasteiger partial charge in [-0.3, -0.25) is 9.36 Å². The molecule has 0 fully saturated rings. The van der Waals surface area contributed by atoms with Crippen molar-refractivity contribution in [2.24, 2.45) is 0 Å². The highest BCUT2D eigenvalue weighted by Crippen LogP contribution is 2.20. The first-order valence-electron chi connectivity index (χ1n) is 8.87. The van der Waals surface area contributed by atoms with Crippen LogP contribution >= 0.6 is 11.8 Å². The number of benzene rings is 1. The number of thioether (sulfide) groups is 1. The summed E-state index contributed by atoms with van der Waals surface area (Å²) in [4.78, 5) is 44.0. The van der Waals surface area contributed by atoms with Gasteiger partial charge in [-0.25, -0.2) is 19.1 Å². The molecule has 3 heterocycles. The molecule has 4 rings (SSSR count). The molecule has 0 spiro atoms. The van der Waals surface area contributed by atoms with Crippen LogP contribution in [-0.2, 0) is 0 Å². The molecule has 0 amide bonds. The lowest BCUT2D eigenvalue weighted by atomic mass is 10.1. The van der Waals surface area contributed by atoms with Crippen LogP contribution in [0.25, 0.3) is 16.7 Å². The highest BCUT2D eigenvalue weighted by Gasteiger charge is 2.22. The van der Waals surface area contributed by atoms with E-state index in [-0.39, 0.29) is 16.6 Å². The standard InChI is InChI=1S/C21H17N3O4S/c1-13(16-9-5-11-28-20(16)26)23-19(25)17-8-4-10-22-18(17)24(21(23)27)14-6-3-7-15(12-14)29-2/h3-13H,1-2H3. The van der Waals surface area contributed by atoms with Crippen LogP contribution in [0.4, 0.5) is 0 Å². The molecule has 0 saturated heterocycles. The lowest BCUT2D eigenvalue weighted by molar-refractivity contribution is 0.476. The molecule has 7 nitrogen and oxygen atoms in total. The molecule has 0 aliphatic rings. The van der Waals surface area contributed by atoms with Gasteiger partial charge in [-0.15, -0.1) is 11.8 Å². The van der Waals surface area contributed by atoms with Crippen LogP contribution in [0.2, 0.25) is 0 Å². The van der Waals surface area contributed by atoms with Crippen molar-refractivity contribution in [3.63, 3.8) is 0 Å². The maximum atomic E-state index is 13.5. The number of hydrogen-bond acceptors (Lipinski definition) is 6. The van der Waals surface area contributed by atoms with Crippen molar-refractivity contribution in [3.05, 3.63) is 97.8 Å². The van der Waals surface area contributed by atoms with Gasteiger partial charge in [0, 0.05) is 11.1 Å². The summed E-state index contributed by atoms with van der Waals surface area (Å²) in [7, 11) is 0. The van der Waals surface area contributed by atoms with E-state index < -0.39 is 22.9 Å². The third-order valence-corrected chi connectivity index (χ3v) is 5.48. The lowest BCUT2D eigenvalue weighted by Crippen LogP contribution is -2.42. The van der Waals surface area contributed by atoms with Gasteiger partial charge >= 0.3 is 11.3 Å². The molecule has 0 aliphatic carbocycles. The molecular formula is C21H17N3O4S. The zero-order valence-corrected chi connectivity index (χ0v) is 16.6. The van der Waals surface area contributed by atoms with Gasteiger partial charge in [0.2, 0.25) is 0 Å². The van der Waals surface area contributed by atoms with Gasteiger partial charge in [0.1, 0.15) is 0 Å². The first kappa shape index (κ1) is 18.9. The fourth-order valence-electron chi connectivity index (χ4n) is 3.31. The Balaban J connectivity index is 2.10.